The van der Waals surface area contributed by atoms with Crippen molar-refractivity contribution in [3.63, 3.8) is 0 Å². The van der Waals surface area contributed by atoms with Crippen LogP contribution < -0.4 is 4.74 Å². The highest BCUT2D eigenvalue weighted by Gasteiger charge is 2.38. The van der Waals surface area contributed by atoms with E-state index in [-0.39, 0.29) is 6.07 Å². The van der Waals surface area contributed by atoms with E-state index in [9.17, 15) is 26.3 Å². The molecule has 1 aromatic rings. The van der Waals surface area contributed by atoms with Crippen LogP contribution in [-0.2, 0) is 18.7 Å². The fourth-order valence-corrected chi connectivity index (χ4v) is 1.53. The molecule has 0 amide bonds. The van der Waals surface area contributed by atoms with Gasteiger partial charge in [-0.05, 0) is 0 Å². The summed E-state index contributed by atoms with van der Waals surface area (Å²) in [5.74, 6) is -1.89. The molecule has 1 aromatic heterocycles. The highest BCUT2D eigenvalue weighted by atomic mass is 35.5. The summed E-state index contributed by atoms with van der Waals surface area (Å²) in [5, 5.41) is 8.86. The third-order valence-corrected chi connectivity index (χ3v) is 2.25. The Balaban J connectivity index is 3.39. The Hall–Kier alpha value is -1.22. The second kappa shape index (κ2) is 5.41. The molecule has 1 N–H and O–H groups in total. The first-order chi connectivity index (χ1) is 8.58. The molecule has 19 heavy (non-hydrogen) atoms. The third kappa shape index (κ3) is 4.13. The Morgan fingerprint density at radius 3 is 2.16 bits per heavy atom. The first kappa shape index (κ1) is 15.8. The molecule has 0 saturated carbocycles. The first-order valence-electron chi connectivity index (χ1n) is 4.61. The van der Waals surface area contributed by atoms with E-state index in [1.807, 2.05) is 0 Å². The predicted octanol–water partition coefficient (Wildman–Crippen LogP) is 3.23. The molecule has 108 valence electrons. The molecule has 10 heteroatoms. The van der Waals surface area contributed by atoms with Gasteiger partial charge in [0.05, 0.1) is 23.7 Å². The molecule has 1 rings (SSSR count). The largest absolute Gasteiger partial charge is 0.574 e. The molecular formula is C9H6ClF6NO2. The van der Waals surface area contributed by atoms with Gasteiger partial charge < -0.3 is 9.84 Å². The normalized spacial score (nSPS) is 12.6. The smallest absolute Gasteiger partial charge is 0.392 e. The van der Waals surface area contributed by atoms with Crippen molar-refractivity contribution in [2.75, 3.05) is 0 Å². The summed E-state index contributed by atoms with van der Waals surface area (Å²) < 4.78 is 77.2. The maximum absolute atomic E-state index is 12.6. The van der Waals surface area contributed by atoms with Crippen molar-refractivity contribution in [3.05, 3.63) is 22.9 Å². The highest BCUT2D eigenvalue weighted by molar-refractivity contribution is 6.17. The number of aromatic nitrogens is 1. The second-order valence-corrected chi connectivity index (χ2v) is 3.54. The molecule has 0 saturated heterocycles. The lowest BCUT2D eigenvalue weighted by Crippen LogP contribution is -2.20. The van der Waals surface area contributed by atoms with Crippen molar-refractivity contribution >= 4 is 11.6 Å². The van der Waals surface area contributed by atoms with Crippen LogP contribution in [-0.4, -0.2) is 16.5 Å². The zero-order chi connectivity index (χ0) is 14.8. The maximum Gasteiger partial charge on any atom is 0.574 e. The van der Waals surface area contributed by atoms with Crippen molar-refractivity contribution in [1.82, 2.24) is 4.98 Å². The molecule has 0 aliphatic rings. The van der Waals surface area contributed by atoms with Gasteiger partial charge >= 0.3 is 12.5 Å². The summed E-state index contributed by atoms with van der Waals surface area (Å²) in [6.07, 6.45) is -10.1. The highest BCUT2D eigenvalue weighted by Crippen LogP contribution is 2.36. The van der Waals surface area contributed by atoms with E-state index in [4.69, 9.17) is 16.7 Å². The van der Waals surface area contributed by atoms with Crippen molar-refractivity contribution in [2.24, 2.45) is 0 Å². The Kier molecular flexibility index (Phi) is 4.51. The minimum absolute atomic E-state index is 0.0646. The van der Waals surface area contributed by atoms with Crippen molar-refractivity contribution in [2.45, 2.75) is 25.0 Å². The van der Waals surface area contributed by atoms with Gasteiger partial charge in [0.1, 0.15) is 0 Å². The minimum atomic E-state index is -5.18. The van der Waals surface area contributed by atoms with Crippen LogP contribution in [0.25, 0.3) is 0 Å². The Morgan fingerprint density at radius 2 is 1.79 bits per heavy atom. The zero-order valence-corrected chi connectivity index (χ0v) is 9.70. The van der Waals surface area contributed by atoms with Gasteiger partial charge in [-0.25, -0.2) is 4.98 Å². The predicted molar refractivity (Wildman–Crippen MR) is 51.4 cm³/mol. The summed E-state index contributed by atoms with van der Waals surface area (Å²) in [7, 11) is 0. The SMILES string of the molecule is OCc1c(C(F)(F)F)cc(OC(F)(F)F)nc1CCl. The average Bonchev–Trinajstić information content (AvgIpc) is 2.24. The van der Waals surface area contributed by atoms with Gasteiger partial charge in [-0.3, -0.25) is 0 Å². The number of alkyl halides is 7. The molecule has 0 aromatic carbocycles. The number of pyridine rings is 1. The van der Waals surface area contributed by atoms with Gasteiger partial charge in [-0.15, -0.1) is 24.8 Å². The van der Waals surface area contributed by atoms with Gasteiger partial charge in [0, 0.05) is 11.6 Å². The molecule has 0 unspecified atom stereocenters. The summed E-state index contributed by atoms with van der Waals surface area (Å²) in [6, 6.07) is 0.0646. The minimum Gasteiger partial charge on any atom is -0.392 e. The fourth-order valence-electron chi connectivity index (χ4n) is 1.31. The van der Waals surface area contributed by atoms with E-state index in [1.54, 1.807) is 0 Å². The first-order valence-corrected chi connectivity index (χ1v) is 5.14. The molecule has 0 bridgehead atoms. The number of aliphatic hydroxyl groups excluding tert-OH is 1. The van der Waals surface area contributed by atoms with Crippen LogP contribution in [0.3, 0.4) is 0 Å². The Labute approximate surface area is 107 Å². The zero-order valence-electron chi connectivity index (χ0n) is 8.94. The summed E-state index contributed by atoms with van der Waals surface area (Å²) >= 11 is 5.30. The van der Waals surface area contributed by atoms with E-state index in [0.29, 0.717) is 0 Å². The van der Waals surface area contributed by atoms with Gasteiger partial charge in [0.15, 0.2) is 0 Å². The number of hydrogen-bond donors (Lipinski definition) is 1. The third-order valence-electron chi connectivity index (χ3n) is 2.00. The molecule has 0 fully saturated rings. The fraction of sp³-hybridized carbons (Fsp3) is 0.444. The maximum atomic E-state index is 12.6. The number of hydrogen-bond acceptors (Lipinski definition) is 3. The van der Waals surface area contributed by atoms with Crippen LogP contribution in [0.15, 0.2) is 6.07 Å². The monoisotopic (exact) mass is 309 g/mol. The van der Waals surface area contributed by atoms with Gasteiger partial charge in [-0.1, -0.05) is 0 Å². The molecular weight excluding hydrogens is 304 g/mol. The molecule has 0 atom stereocenters. The van der Waals surface area contributed by atoms with Crippen LogP contribution >= 0.6 is 11.6 Å². The standard InChI is InChI=1S/C9H6ClF6NO2/c10-2-6-4(3-18)5(8(11,12)13)1-7(17-6)19-9(14,15)16/h1,18H,2-3H2. The Morgan fingerprint density at radius 1 is 1.21 bits per heavy atom. The average molecular weight is 310 g/mol. The van der Waals surface area contributed by atoms with Gasteiger partial charge in [0.25, 0.3) is 0 Å². The lowest BCUT2D eigenvalue weighted by molar-refractivity contribution is -0.276. The van der Waals surface area contributed by atoms with Gasteiger partial charge in [0.2, 0.25) is 5.88 Å². The van der Waals surface area contributed by atoms with E-state index in [0.717, 1.165) is 0 Å². The van der Waals surface area contributed by atoms with E-state index in [2.05, 4.69) is 9.72 Å². The number of aliphatic hydroxyl groups is 1. The number of ether oxygens (including phenoxy) is 1. The molecule has 0 spiro atoms. The Bertz CT molecular complexity index is 459. The molecule has 0 radical (unpaired) electrons. The summed E-state index contributed by atoms with van der Waals surface area (Å²) in [6.45, 7) is -1.06. The molecule has 3 nitrogen and oxygen atoms in total. The van der Waals surface area contributed by atoms with E-state index in [1.165, 1.54) is 0 Å². The topological polar surface area (TPSA) is 42.4 Å². The van der Waals surface area contributed by atoms with Crippen LogP contribution in [0.4, 0.5) is 26.3 Å². The second-order valence-electron chi connectivity index (χ2n) is 3.27. The molecule has 0 aliphatic carbocycles. The van der Waals surface area contributed by atoms with Gasteiger partial charge in [-0.2, -0.15) is 13.2 Å². The van der Waals surface area contributed by atoms with Crippen LogP contribution in [0.1, 0.15) is 16.8 Å². The lowest BCUT2D eigenvalue weighted by Gasteiger charge is -2.16. The number of rotatable bonds is 3. The van der Waals surface area contributed by atoms with Crippen LogP contribution in [0, 0.1) is 0 Å². The summed E-state index contributed by atoms with van der Waals surface area (Å²) in [5.41, 5.74) is -2.69. The van der Waals surface area contributed by atoms with Crippen molar-refractivity contribution < 1.29 is 36.2 Å². The number of halogens is 7. The van der Waals surface area contributed by atoms with Crippen molar-refractivity contribution in [1.29, 1.82) is 0 Å². The molecule has 0 aliphatic heterocycles. The van der Waals surface area contributed by atoms with Crippen molar-refractivity contribution in [3.8, 4) is 5.88 Å². The van der Waals surface area contributed by atoms with E-state index < -0.39 is 47.7 Å². The summed E-state index contributed by atoms with van der Waals surface area (Å²) in [4.78, 5) is 3.19. The van der Waals surface area contributed by atoms with Crippen LogP contribution in [0.5, 0.6) is 5.88 Å². The van der Waals surface area contributed by atoms with Crippen LogP contribution in [0.2, 0.25) is 0 Å². The van der Waals surface area contributed by atoms with E-state index >= 15 is 0 Å². The number of nitrogens with zero attached hydrogens (tertiary/aromatic N) is 1. The quantitative estimate of drug-likeness (QED) is 0.688. The lowest BCUT2D eigenvalue weighted by atomic mass is 10.1. The molecule has 1 heterocycles.